The molecule has 0 aromatic heterocycles. The van der Waals surface area contributed by atoms with Crippen molar-refractivity contribution >= 4 is 62.5 Å². The van der Waals surface area contributed by atoms with Gasteiger partial charge in [-0.25, -0.2) is 18.0 Å². The van der Waals surface area contributed by atoms with Crippen LogP contribution in [0.4, 0.5) is 5.69 Å². The summed E-state index contributed by atoms with van der Waals surface area (Å²) in [7, 11) is -3.56. The van der Waals surface area contributed by atoms with Crippen LogP contribution in [0.25, 0.3) is 0 Å². The Labute approximate surface area is 226 Å². The average Bonchev–Trinajstić information content (AvgIpc) is 2.79. The highest BCUT2D eigenvalue weighted by Crippen LogP contribution is 2.27. The fraction of sp³-hybridized carbons (Fsp3) is 0.417. The zero-order valence-electron chi connectivity index (χ0n) is 19.8. The second-order valence-electron chi connectivity index (χ2n) is 7.79. The Bertz CT molecular complexity index is 1110. The molecule has 0 unspecified atom stereocenters. The maximum absolute atomic E-state index is 12.1. The van der Waals surface area contributed by atoms with Crippen molar-refractivity contribution in [1.82, 2.24) is 0 Å². The van der Waals surface area contributed by atoms with Gasteiger partial charge in [-0.3, -0.25) is 4.72 Å². The fourth-order valence-corrected chi connectivity index (χ4v) is 4.82. The minimum atomic E-state index is -3.56. The van der Waals surface area contributed by atoms with E-state index in [1.165, 1.54) is 49.6 Å². The minimum Gasteiger partial charge on any atom is -0.480 e. The van der Waals surface area contributed by atoms with Crippen molar-refractivity contribution < 1.29 is 33.0 Å². The van der Waals surface area contributed by atoms with E-state index in [0.29, 0.717) is 22.2 Å². The number of aromatic carboxylic acids is 1. The second-order valence-corrected chi connectivity index (χ2v) is 10.9. The van der Waals surface area contributed by atoms with E-state index >= 15 is 0 Å². The van der Waals surface area contributed by atoms with Crippen molar-refractivity contribution in [1.29, 1.82) is 0 Å². The van der Waals surface area contributed by atoms with Gasteiger partial charge in [0.1, 0.15) is 5.75 Å². The topological polar surface area (TPSA) is 130 Å². The van der Waals surface area contributed by atoms with Crippen molar-refractivity contribution in [3.05, 3.63) is 57.0 Å². The number of halogens is 3. The van der Waals surface area contributed by atoms with E-state index in [4.69, 9.17) is 49.8 Å². The maximum atomic E-state index is 12.1. The Morgan fingerprint density at radius 3 is 2.06 bits per heavy atom. The minimum absolute atomic E-state index is 0.0114. The lowest BCUT2D eigenvalue weighted by Gasteiger charge is -2.11. The number of ether oxygens (including phenoxy) is 1. The van der Waals surface area contributed by atoms with Gasteiger partial charge in [-0.1, -0.05) is 80.3 Å². The Kier molecular flexibility index (Phi) is 14.6. The van der Waals surface area contributed by atoms with Crippen LogP contribution < -0.4 is 9.46 Å². The molecule has 0 spiro atoms. The van der Waals surface area contributed by atoms with Gasteiger partial charge in [0.15, 0.2) is 6.61 Å². The molecule has 0 fully saturated rings. The molecule has 0 aliphatic heterocycles. The summed E-state index contributed by atoms with van der Waals surface area (Å²) in [6.45, 7) is 1.74. The van der Waals surface area contributed by atoms with E-state index in [-0.39, 0.29) is 22.0 Å². The predicted octanol–water partition coefficient (Wildman–Crippen LogP) is 6.99. The van der Waals surface area contributed by atoms with Crippen LogP contribution >= 0.6 is 34.8 Å². The lowest BCUT2D eigenvalue weighted by Crippen LogP contribution is -2.18. The largest absolute Gasteiger partial charge is 0.480 e. The zero-order valence-corrected chi connectivity index (χ0v) is 22.9. The van der Waals surface area contributed by atoms with Crippen LogP contribution in [0.3, 0.4) is 0 Å². The van der Waals surface area contributed by atoms with Crippen LogP contribution in [0.5, 0.6) is 5.75 Å². The highest BCUT2D eigenvalue weighted by molar-refractivity contribution is 7.92. The molecule has 12 heteroatoms. The van der Waals surface area contributed by atoms with Gasteiger partial charge in [0.2, 0.25) is 10.0 Å². The van der Waals surface area contributed by atoms with Gasteiger partial charge < -0.3 is 14.9 Å². The molecule has 0 aliphatic rings. The number of nitrogens with one attached hydrogen (secondary N) is 1. The van der Waals surface area contributed by atoms with E-state index in [1.54, 1.807) is 6.07 Å². The Hall–Kier alpha value is -2.20. The first-order valence-electron chi connectivity index (χ1n) is 11.3. The number of carboxylic acid groups (broad SMARTS) is 2. The summed E-state index contributed by atoms with van der Waals surface area (Å²) in [5.74, 6) is -1.97. The number of sulfonamides is 1. The van der Waals surface area contributed by atoms with Gasteiger partial charge in [-0.2, -0.15) is 0 Å². The van der Waals surface area contributed by atoms with E-state index in [2.05, 4.69) is 11.6 Å². The molecular weight excluding hydrogens is 553 g/mol. The molecule has 0 amide bonds. The average molecular weight is 583 g/mol. The number of hydrogen-bond donors (Lipinski definition) is 3. The smallest absolute Gasteiger partial charge is 0.341 e. The molecule has 0 heterocycles. The van der Waals surface area contributed by atoms with Gasteiger partial charge in [0.25, 0.3) is 0 Å². The monoisotopic (exact) mass is 581 g/mol. The van der Waals surface area contributed by atoms with Crippen molar-refractivity contribution in [2.75, 3.05) is 17.1 Å². The predicted molar refractivity (Wildman–Crippen MR) is 143 cm³/mol. The first-order valence-corrected chi connectivity index (χ1v) is 14.1. The van der Waals surface area contributed by atoms with Crippen molar-refractivity contribution in [2.45, 2.75) is 51.9 Å². The third kappa shape index (κ3) is 13.2. The summed E-state index contributed by atoms with van der Waals surface area (Å²) in [5, 5.41) is 18.5. The number of rotatable bonds is 14. The van der Waals surface area contributed by atoms with Crippen LogP contribution in [0.15, 0.2) is 36.4 Å². The summed E-state index contributed by atoms with van der Waals surface area (Å²) in [6, 6.07) is 8.64. The molecule has 3 N–H and O–H groups in total. The molecule has 0 aliphatic carbocycles. The lowest BCUT2D eigenvalue weighted by atomic mass is 10.1. The first kappa shape index (κ1) is 31.8. The number of hydrogen-bond acceptors (Lipinski definition) is 5. The number of unbranched alkanes of at least 4 members (excludes halogenated alkanes) is 6. The highest BCUT2D eigenvalue weighted by Gasteiger charge is 2.16. The quantitative estimate of drug-likeness (QED) is 0.205. The molecule has 0 saturated carbocycles. The molecule has 200 valence electrons. The molecular formula is C24H30Cl3NO7S. The summed E-state index contributed by atoms with van der Waals surface area (Å²) < 4.78 is 31.3. The van der Waals surface area contributed by atoms with E-state index < -0.39 is 28.6 Å². The SMILES string of the molecule is CCCCCCCCCS(=O)(=O)Nc1ccc(Cl)cc1C(=O)O.O=C(O)COc1ccc(Cl)cc1Cl. The molecule has 0 radical (unpaired) electrons. The van der Waals surface area contributed by atoms with Gasteiger partial charge in [0, 0.05) is 10.0 Å². The Balaban J connectivity index is 0.000000420. The number of carboxylic acids is 2. The molecule has 0 atom stereocenters. The Morgan fingerprint density at radius 2 is 1.47 bits per heavy atom. The Morgan fingerprint density at radius 1 is 0.889 bits per heavy atom. The molecule has 0 bridgehead atoms. The van der Waals surface area contributed by atoms with Crippen LogP contribution in [0, 0.1) is 0 Å². The molecule has 2 aromatic rings. The first-order chi connectivity index (χ1) is 16.9. The van der Waals surface area contributed by atoms with Crippen molar-refractivity contribution in [3.8, 4) is 5.75 Å². The summed E-state index contributed by atoms with van der Waals surface area (Å²) in [6.07, 6.45) is 7.17. The van der Waals surface area contributed by atoms with Crippen molar-refractivity contribution in [2.24, 2.45) is 0 Å². The van der Waals surface area contributed by atoms with Crippen LogP contribution in [-0.4, -0.2) is 42.9 Å². The fourth-order valence-electron chi connectivity index (χ4n) is 2.98. The number of anilines is 1. The standard InChI is InChI=1S/C16H24ClNO4S.C8H6Cl2O3/c1-2-3-4-5-6-7-8-11-23(21,22)18-15-10-9-13(17)12-14(15)16(19)20;9-5-1-2-7(6(10)3-5)13-4-8(11)12/h9-10,12,18H,2-8,11H2,1H3,(H,19,20);1-3H,4H2,(H,11,12). The molecule has 36 heavy (non-hydrogen) atoms. The molecule has 2 rings (SSSR count). The van der Waals surface area contributed by atoms with Gasteiger partial charge >= 0.3 is 11.9 Å². The number of aliphatic carboxylic acids is 1. The van der Waals surface area contributed by atoms with Gasteiger partial charge in [-0.15, -0.1) is 0 Å². The number of benzene rings is 2. The molecule has 0 saturated heterocycles. The van der Waals surface area contributed by atoms with Crippen LogP contribution in [0.2, 0.25) is 15.1 Å². The summed E-state index contributed by atoms with van der Waals surface area (Å²) in [4.78, 5) is 21.3. The number of carbonyl (C=O) groups is 2. The second kappa shape index (κ2) is 16.5. The van der Waals surface area contributed by atoms with E-state index in [9.17, 15) is 18.0 Å². The van der Waals surface area contributed by atoms with Crippen LogP contribution in [-0.2, 0) is 14.8 Å². The van der Waals surface area contributed by atoms with Gasteiger partial charge in [0.05, 0.1) is 22.0 Å². The molecule has 8 nitrogen and oxygen atoms in total. The van der Waals surface area contributed by atoms with E-state index in [1.807, 2.05) is 0 Å². The lowest BCUT2D eigenvalue weighted by molar-refractivity contribution is -0.139. The van der Waals surface area contributed by atoms with E-state index in [0.717, 1.165) is 19.3 Å². The maximum Gasteiger partial charge on any atom is 0.341 e. The normalized spacial score (nSPS) is 10.8. The third-order valence-electron chi connectivity index (χ3n) is 4.74. The zero-order chi connectivity index (χ0) is 27.1. The third-order valence-corrected chi connectivity index (χ3v) is 6.86. The van der Waals surface area contributed by atoms with Gasteiger partial charge in [-0.05, 0) is 42.8 Å². The summed E-state index contributed by atoms with van der Waals surface area (Å²) in [5.41, 5.74) is -0.106. The summed E-state index contributed by atoms with van der Waals surface area (Å²) >= 11 is 17.1. The molecule has 2 aromatic carbocycles. The van der Waals surface area contributed by atoms with Crippen molar-refractivity contribution in [3.63, 3.8) is 0 Å². The highest BCUT2D eigenvalue weighted by atomic mass is 35.5. The van der Waals surface area contributed by atoms with Crippen LogP contribution in [0.1, 0.15) is 62.2 Å².